The van der Waals surface area contributed by atoms with Crippen LogP contribution < -0.4 is 5.73 Å². The van der Waals surface area contributed by atoms with Crippen LogP contribution in [0.2, 0.25) is 0 Å². The summed E-state index contributed by atoms with van der Waals surface area (Å²) in [6.45, 7) is 7.79. The van der Waals surface area contributed by atoms with Gasteiger partial charge in [-0.15, -0.1) is 0 Å². The van der Waals surface area contributed by atoms with Gasteiger partial charge < -0.3 is 5.73 Å². The summed E-state index contributed by atoms with van der Waals surface area (Å²) in [5.74, 6) is 0.739. The van der Waals surface area contributed by atoms with Crippen molar-refractivity contribution in [3.63, 3.8) is 0 Å². The van der Waals surface area contributed by atoms with E-state index in [1.54, 1.807) is 6.20 Å². The van der Waals surface area contributed by atoms with Gasteiger partial charge in [0.1, 0.15) is 0 Å². The highest BCUT2D eigenvalue weighted by molar-refractivity contribution is 5.30. The van der Waals surface area contributed by atoms with Crippen molar-refractivity contribution >= 4 is 5.69 Å². The topological polar surface area (TPSA) is 47.1 Å². The Kier molecular flexibility index (Phi) is 3.49. The van der Waals surface area contributed by atoms with Gasteiger partial charge in [0.15, 0.2) is 0 Å². The zero-order valence-electron chi connectivity index (χ0n) is 10.3. The minimum absolute atomic E-state index is 0.739. The number of rotatable bonds is 6. The SMILES string of the molecule is CC(C)CN(CCn1cc(N)cn1)C1CC1. The second kappa shape index (κ2) is 4.87. The summed E-state index contributed by atoms with van der Waals surface area (Å²) >= 11 is 0. The Morgan fingerprint density at radius 2 is 2.31 bits per heavy atom. The maximum absolute atomic E-state index is 5.64. The number of hydrogen-bond donors (Lipinski definition) is 1. The molecule has 4 heteroatoms. The molecule has 0 atom stereocenters. The van der Waals surface area contributed by atoms with Crippen LogP contribution >= 0.6 is 0 Å². The summed E-state index contributed by atoms with van der Waals surface area (Å²) in [5, 5.41) is 4.21. The molecule has 0 aromatic carbocycles. The Labute approximate surface area is 97.4 Å². The predicted molar refractivity (Wildman–Crippen MR) is 66.1 cm³/mol. The van der Waals surface area contributed by atoms with E-state index >= 15 is 0 Å². The highest BCUT2D eigenvalue weighted by Gasteiger charge is 2.28. The molecule has 16 heavy (non-hydrogen) atoms. The molecule has 1 aromatic rings. The minimum atomic E-state index is 0.739. The highest BCUT2D eigenvalue weighted by Crippen LogP contribution is 2.27. The molecule has 0 saturated heterocycles. The average molecular weight is 222 g/mol. The van der Waals surface area contributed by atoms with Crippen LogP contribution in [0.25, 0.3) is 0 Å². The molecule has 0 bridgehead atoms. The highest BCUT2D eigenvalue weighted by atomic mass is 15.3. The van der Waals surface area contributed by atoms with Crippen LogP contribution in [0.1, 0.15) is 26.7 Å². The van der Waals surface area contributed by atoms with Crippen LogP contribution in [0, 0.1) is 5.92 Å². The molecule has 1 aliphatic rings. The normalized spacial score (nSPS) is 16.2. The lowest BCUT2D eigenvalue weighted by molar-refractivity contribution is 0.222. The molecular formula is C12H22N4. The smallest absolute Gasteiger partial charge is 0.0719 e. The monoisotopic (exact) mass is 222 g/mol. The van der Waals surface area contributed by atoms with E-state index in [0.29, 0.717) is 0 Å². The molecule has 0 unspecified atom stereocenters. The molecule has 0 amide bonds. The van der Waals surface area contributed by atoms with Gasteiger partial charge in [-0.1, -0.05) is 13.8 Å². The van der Waals surface area contributed by atoms with E-state index in [9.17, 15) is 0 Å². The van der Waals surface area contributed by atoms with E-state index in [-0.39, 0.29) is 0 Å². The number of aromatic nitrogens is 2. The van der Waals surface area contributed by atoms with Crippen molar-refractivity contribution in [3.05, 3.63) is 12.4 Å². The number of nitrogen functional groups attached to an aromatic ring is 1. The summed E-state index contributed by atoms with van der Waals surface area (Å²) in [4.78, 5) is 2.59. The molecule has 1 aliphatic carbocycles. The fourth-order valence-corrected chi connectivity index (χ4v) is 2.06. The molecular weight excluding hydrogens is 200 g/mol. The van der Waals surface area contributed by atoms with Gasteiger partial charge in [0.25, 0.3) is 0 Å². The van der Waals surface area contributed by atoms with Crippen LogP contribution in [0.3, 0.4) is 0 Å². The summed E-state index contributed by atoms with van der Waals surface area (Å²) in [6, 6.07) is 0.829. The van der Waals surface area contributed by atoms with E-state index in [0.717, 1.165) is 30.7 Å². The van der Waals surface area contributed by atoms with Gasteiger partial charge in [-0.25, -0.2) is 0 Å². The summed E-state index contributed by atoms with van der Waals surface area (Å²) < 4.78 is 1.94. The van der Waals surface area contributed by atoms with E-state index in [1.807, 2.05) is 10.9 Å². The molecule has 0 aliphatic heterocycles. The third kappa shape index (κ3) is 3.23. The quantitative estimate of drug-likeness (QED) is 0.795. The number of anilines is 1. The first-order valence-electron chi connectivity index (χ1n) is 6.17. The lowest BCUT2D eigenvalue weighted by atomic mass is 10.2. The Morgan fingerprint density at radius 1 is 1.56 bits per heavy atom. The predicted octanol–water partition coefficient (Wildman–Crippen LogP) is 1.59. The third-order valence-corrected chi connectivity index (χ3v) is 2.93. The Morgan fingerprint density at radius 3 is 2.81 bits per heavy atom. The van der Waals surface area contributed by atoms with Gasteiger partial charge >= 0.3 is 0 Å². The molecule has 90 valence electrons. The fourth-order valence-electron chi connectivity index (χ4n) is 2.06. The van der Waals surface area contributed by atoms with Crippen LogP contribution in [0.15, 0.2) is 12.4 Å². The number of hydrogen-bond acceptors (Lipinski definition) is 3. The van der Waals surface area contributed by atoms with E-state index in [4.69, 9.17) is 5.73 Å². The van der Waals surface area contributed by atoms with E-state index in [2.05, 4.69) is 23.8 Å². The van der Waals surface area contributed by atoms with Crippen LogP contribution in [-0.4, -0.2) is 33.8 Å². The maximum Gasteiger partial charge on any atom is 0.0719 e. The molecule has 0 radical (unpaired) electrons. The van der Waals surface area contributed by atoms with Crippen LogP contribution in [-0.2, 0) is 6.54 Å². The van der Waals surface area contributed by atoms with Crippen molar-refractivity contribution in [1.29, 1.82) is 0 Å². The standard InChI is InChI=1S/C12H22N4/c1-10(2)8-15(12-3-4-12)5-6-16-9-11(13)7-14-16/h7,9-10,12H,3-6,8,13H2,1-2H3. The molecule has 1 saturated carbocycles. The zero-order chi connectivity index (χ0) is 11.5. The van der Waals surface area contributed by atoms with Crippen molar-refractivity contribution in [1.82, 2.24) is 14.7 Å². The second-order valence-electron chi connectivity index (χ2n) is 5.16. The number of nitrogens with two attached hydrogens (primary N) is 1. The molecule has 2 N–H and O–H groups in total. The second-order valence-corrected chi connectivity index (χ2v) is 5.16. The summed E-state index contributed by atoms with van der Waals surface area (Å²) in [7, 11) is 0. The largest absolute Gasteiger partial charge is 0.396 e. The molecule has 1 heterocycles. The Balaban J connectivity index is 1.81. The first kappa shape index (κ1) is 11.5. The third-order valence-electron chi connectivity index (χ3n) is 2.93. The fraction of sp³-hybridized carbons (Fsp3) is 0.750. The zero-order valence-corrected chi connectivity index (χ0v) is 10.3. The summed E-state index contributed by atoms with van der Waals surface area (Å²) in [6.07, 6.45) is 6.35. The van der Waals surface area contributed by atoms with Gasteiger partial charge in [0.05, 0.1) is 18.4 Å². The molecule has 0 spiro atoms. The van der Waals surface area contributed by atoms with Gasteiger partial charge in [-0.2, -0.15) is 5.10 Å². The van der Waals surface area contributed by atoms with E-state index < -0.39 is 0 Å². The van der Waals surface area contributed by atoms with Gasteiger partial charge in [0.2, 0.25) is 0 Å². The lowest BCUT2D eigenvalue weighted by Gasteiger charge is -2.23. The number of nitrogens with zero attached hydrogens (tertiary/aromatic N) is 3. The maximum atomic E-state index is 5.64. The lowest BCUT2D eigenvalue weighted by Crippen LogP contribution is -2.33. The van der Waals surface area contributed by atoms with Crippen molar-refractivity contribution in [2.75, 3.05) is 18.8 Å². The Hall–Kier alpha value is -1.03. The van der Waals surface area contributed by atoms with Crippen molar-refractivity contribution < 1.29 is 0 Å². The molecule has 1 aromatic heterocycles. The van der Waals surface area contributed by atoms with Crippen molar-refractivity contribution in [2.24, 2.45) is 5.92 Å². The van der Waals surface area contributed by atoms with Gasteiger partial charge in [-0.3, -0.25) is 9.58 Å². The van der Waals surface area contributed by atoms with Crippen LogP contribution in [0.4, 0.5) is 5.69 Å². The van der Waals surface area contributed by atoms with Gasteiger partial charge in [-0.05, 0) is 18.8 Å². The van der Waals surface area contributed by atoms with Crippen molar-refractivity contribution in [2.45, 2.75) is 39.3 Å². The molecule has 2 rings (SSSR count). The average Bonchev–Trinajstić information content (AvgIpc) is 2.97. The van der Waals surface area contributed by atoms with E-state index in [1.165, 1.54) is 19.4 Å². The first-order chi connectivity index (χ1) is 7.65. The minimum Gasteiger partial charge on any atom is -0.396 e. The summed E-state index contributed by atoms with van der Waals surface area (Å²) in [5.41, 5.74) is 6.39. The van der Waals surface area contributed by atoms with Crippen LogP contribution in [0.5, 0.6) is 0 Å². The Bertz CT molecular complexity index is 328. The molecule has 4 nitrogen and oxygen atoms in total. The van der Waals surface area contributed by atoms with Gasteiger partial charge in [0, 0.05) is 25.3 Å². The molecule has 1 fully saturated rings. The van der Waals surface area contributed by atoms with Crippen molar-refractivity contribution in [3.8, 4) is 0 Å². The first-order valence-corrected chi connectivity index (χ1v) is 6.17.